The van der Waals surface area contributed by atoms with E-state index in [0.29, 0.717) is 11.6 Å². The highest BCUT2D eigenvalue weighted by Crippen LogP contribution is 2.26. The Morgan fingerprint density at radius 2 is 1.55 bits per heavy atom. The number of aromatic nitrogens is 1. The summed E-state index contributed by atoms with van der Waals surface area (Å²) < 4.78 is 2.04. The van der Waals surface area contributed by atoms with E-state index in [2.05, 4.69) is 12.1 Å². The normalized spacial score (nSPS) is 10.0. The fourth-order valence-corrected chi connectivity index (χ4v) is 2.50. The van der Waals surface area contributed by atoms with Crippen molar-refractivity contribution in [3.63, 3.8) is 0 Å². The molecule has 1 aromatic heterocycles. The van der Waals surface area contributed by atoms with E-state index in [-0.39, 0.29) is 22.7 Å². The third kappa shape index (κ3) is 3.67. The molecule has 0 aliphatic carbocycles. The Morgan fingerprint density at radius 1 is 0.864 bits per heavy atom. The van der Waals surface area contributed by atoms with Crippen LogP contribution in [0, 0.1) is 0 Å². The maximum atomic E-state index is 10.2. The monoisotopic (exact) mass is 375 g/mol. The highest BCUT2D eigenvalue weighted by molar-refractivity contribution is 6.30. The molecule has 22 heavy (non-hydrogen) atoms. The third-order valence-corrected chi connectivity index (χ3v) is 3.62. The van der Waals surface area contributed by atoms with E-state index in [4.69, 9.17) is 11.6 Å². The van der Waals surface area contributed by atoms with Crippen molar-refractivity contribution < 1.29 is 26.7 Å². The maximum absolute atomic E-state index is 10.2. The molecule has 2 nitrogen and oxygen atoms in total. The molecule has 0 spiro atoms. The zero-order valence-electron chi connectivity index (χ0n) is 11.8. The van der Waals surface area contributed by atoms with Gasteiger partial charge >= 0.3 is 0 Å². The summed E-state index contributed by atoms with van der Waals surface area (Å²) in [5.41, 5.74) is 2.91. The van der Waals surface area contributed by atoms with Crippen LogP contribution in [-0.4, -0.2) is 5.11 Å². The highest BCUT2D eigenvalue weighted by atomic mass is 79.9. The molecule has 0 amide bonds. The molecule has 2 aromatic carbocycles. The molecule has 0 radical (unpaired) electrons. The first kappa shape index (κ1) is 16.5. The molecule has 0 saturated carbocycles. The van der Waals surface area contributed by atoms with Crippen molar-refractivity contribution in [2.24, 2.45) is 0 Å². The van der Waals surface area contributed by atoms with Crippen molar-refractivity contribution in [2.75, 3.05) is 0 Å². The number of hydrogen-bond donors (Lipinski definition) is 1. The molecule has 3 aromatic rings. The Kier molecular flexibility index (Phi) is 5.58. The lowest BCUT2D eigenvalue weighted by Crippen LogP contribution is -3.00. The average Bonchev–Trinajstić information content (AvgIpc) is 2.50. The zero-order valence-corrected chi connectivity index (χ0v) is 14.1. The lowest BCUT2D eigenvalue weighted by Gasteiger charge is -2.06. The van der Waals surface area contributed by atoms with Crippen LogP contribution in [0.15, 0.2) is 72.9 Å². The molecule has 112 valence electrons. The average molecular weight is 377 g/mol. The van der Waals surface area contributed by atoms with Crippen molar-refractivity contribution in [2.45, 2.75) is 6.54 Å². The second-order valence-electron chi connectivity index (χ2n) is 4.86. The number of nitrogens with zero attached hydrogens (tertiary/aromatic N) is 1. The van der Waals surface area contributed by atoms with Crippen LogP contribution in [0.5, 0.6) is 5.75 Å². The number of halogens is 2. The number of pyridine rings is 1. The second-order valence-corrected chi connectivity index (χ2v) is 5.30. The van der Waals surface area contributed by atoms with Crippen molar-refractivity contribution in [3.8, 4) is 17.0 Å². The lowest BCUT2D eigenvalue weighted by atomic mass is 10.1. The topological polar surface area (TPSA) is 24.1 Å². The van der Waals surface area contributed by atoms with Crippen molar-refractivity contribution in [1.29, 1.82) is 0 Å². The van der Waals surface area contributed by atoms with Gasteiger partial charge in [-0.15, -0.1) is 0 Å². The van der Waals surface area contributed by atoms with Crippen LogP contribution in [0.4, 0.5) is 0 Å². The van der Waals surface area contributed by atoms with Gasteiger partial charge in [0.05, 0.1) is 5.56 Å². The Balaban J connectivity index is 0.00000176. The molecule has 0 aliphatic heterocycles. The Morgan fingerprint density at radius 3 is 2.23 bits per heavy atom. The highest BCUT2D eigenvalue weighted by Gasteiger charge is 2.18. The molecule has 0 aliphatic rings. The molecule has 4 heteroatoms. The molecule has 0 saturated heterocycles. The fourth-order valence-electron chi connectivity index (χ4n) is 2.37. The van der Waals surface area contributed by atoms with Crippen LogP contribution in [0.1, 0.15) is 5.56 Å². The largest absolute Gasteiger partial charge is 1.00 e. The quantitative estimate of drug-likeness (QED) is 0.679. The van der Waals surface area contributed by atoms with Crippen LogP contribution < -0.4 is 21.5 Å². The zero-order chi connectivity index (χ0) is 14.7. The summed E-state index contributed by atoms with van der Waals surface area (Å²) in [6, 6.07) is 21.2. The van der Waals surface area contributed by atoms with Gasteiger partial charge in [-0.1, -0.05) is 41.9 Å². The molecule has 0 fully saturated rings. The van der Waals surface area contributed by atoms with Gasteiger partial charge in [0, 0.05) is 16.7 Å². The Labute approximate surface area is 145 Å². The van der Waals surface area contributed by atoms with E-state index < -0.39 is 0 Å². The molecular formula is C18H15BrClNO. The van der Waals surface area contributed by atoms with Gasteiger partial charge in [-0.2, -0.15) is 4.57 Å². The minimum absolute atomic E-state index is 0. The molecule has 0 atom stereocenters. The van der Waals surface area contributed by atoms with Gasteiger partial charge in [0.2, 0.25) is 0 Å². The van der Waals surface area contributed by atoms with E-state index in [0.717, 1.165) is 11.3 Å². The summed E-state index contributed by atoms with van der Waals surface area (Å²) in [6.07, 6.45) is 1.97. The number of hydrogen-bond acceptors (Lipinski definition) is 1. The summed E-state index contributed by atoms with van der Waals surface area (Å²) in [5, 5.41) is 10.9. The first-order chi connectivity index (χ1) is 10.2. The van der Waals surface area contributed by atoms with Crippen LogP contribution in [0.25, 0.3) is 11.3 Å². The van der Waals surface area contributed by atoms with Gasteiger partial charge in [-0.25, -0.2) is 0 Å². The van der Waals surface area contributed by atoms with Gasteiger partial charge in [0.1, 0.15) is 0 Å². The van der Waals surface area contributed by atoms with Crippen LogP contribution >= 0.6 is 11.6 Å². The van der Waals surface area contributed by atoms with Crippen LogP contribution in [0.3, 0.4) is 0 Å². The van der Waals surface area contributed by atoms with Crippen molar-refractivity contribution >= 4 is 11.6 Å². The summed E-state index contributed by atoms with van der Waals surface area (Å²) in [5.74, 6) is 0.260. The lowest BCUT2D eigenvalue weighted by molar-refractivity contribution is -0.677. The van der Waals surface area contributed by atoms with Gasteiger partial charge in [-0.3, -0.25) is 0 Å². The smallest absolute Gasteiger partial charge is 0.254 e. The minimum Gasteiger partial charge on any atom is -1.00 e. The first-order valence-electron chi connectivity index (χ1n) is 6.75. The van der Waals surface area contributed by atoms with Crippen LogP contribution in [0.2, 0.25) is 5.02 Å². The van der Waals surface area contributed by atoms with Crippen molar-refractivity contribution in [3.05, 3.63) is 83.5 Å². The summed E-state index contributed by atoms with van der Waals surface area (Å²) in [7, 11) is 0. The second kappa shape index (κ2) is 7.43. The van der Waals surface area contributed by atoms with E-state index in [1.165, 1.54) is 5.56 Å². The summed E-state index contributed by atoms with van der Waals surface area (Å²) >= 11 is 5.94. The Bertz CT molecular complexity index is 745. The van der Waals surface area contributed by atoms with Gasteiger partial charge in [0.25, 0.3) is 5.69 Å². The maximum Gasteiger partial charge on any atom is 0.254 e. The molecule has 0 unspecified atom stereocenters. The summed E-state index contributed by atoms with van der Waals surface area (Å²) in [4.78, 5) is 0. The number of rotatable bonds is 3. The van der Waals surface area contributed by atoms with Crippen LogP contribution in [-0.2, 0) is 6.54 Å². The van der Waals surface area contributed by atoms with E-state index in [9.17, 15) is 5.11 Å². The van der Waals surface area contributed by atoms with E-state index in [1.807, 2.05) is 59.3 Å². The van der Waals surface area contributed by atoms with Gasteiger partial charge < -0.3 is 22.1 Å². The SMILES string of the molecule is Oc1ccc[n+](Cc2ccccc2)c1-c1ccc(Cl)cc1.[Br-]. The first-order valence-corrected chi connectivity index (χ1v) is 7.13. The van der Waals surface area contributed by atoms with E-state index >= 15 is 0 Å². The standard InChI is InChI=1S/C18H14ClNO.BrH/c19-16-10-8-15(9-11-16)18-17(21)7-4-12-20(18)13-14-5-2-1-3-6-14;/h1-12H,13H2;1H. The minimum atomic E-state index is 0. The number of aromatic hydroxyl groups is 1. The predicted molar refractivity (Wildman–Crippen MR) is 84.3 cm³/mol. The van der Waals surface area contributed by atoms with Gasteiger partial charge in [0.15, 0.2) is 18.5 Å². The molecule has 0 bridgehead atoms. The van der Waals surface area contributed by atoms with E-state index in [1.54, 1.807) is 6.07 Å². The Hall–Kier alpha value is -1.84. The third-order valence-electron chi connectivity index (χ3n) is 3.36. The predicted octanol–water partition coefficient (Wildman–Crippen LogP) is 1.05. The number of benzene rings is 2. The van der Waals surface area contributed by atoms with Gasteiger partial charge in [-0.05, 0) is 30.3 Å². The molecule has 1 heterocycles. The molecule has 1 N–H and O–H groups in total. The molecular weight excluding hydrogens is 362 g/mol. The summed E-state index contributed by atoms with van der Waals surface area (Å²) in [6.45, 7) is 0.702. The van der Waals surface area contributed by atoms with Crippen molar-refractivity contribution in [1.82, 2.24) is 0 Å². The molecule has 3 rings (SSSR count). The fraction of sp³-hybridized carbons (Fsp3) is 0.0556.